The van der Waals surface area contributed by atoms with Gasteiger partial charge in [0.15, 0.2) is 11.5 Å². The van der Waals surface area contributed by atoms with Gasteiger partial charge in [0.25, 0.3) is 0 Å². The lowest BCUT2D eigenvalue weighted by Crippen LogP contribution is -2.29. The lowest BCUT2D eigenvalue weighted by Gasteiger charge is -2.19. The summed E-state index contributed by atoms with van der Waals surface area (Å²) < 4.78 is 47.0. The number of benzene rings is 7. The van der Waals surface area contributed by atoms with Gasteiger partial charge in [-0.25, -0.2) is 0 Å². The fourth-order valence-electron chi connectivity index (χ4n) is 7.06. The van der Waals surface area contributed by atoms with Gasteiger partial charge in [-0.15, -0.1) is 0 Å². The van der Waals surface area contributed by atoms with Crippen LogP contribution in [0.5, 0.6) is 5.75 Å². The minimum atomic E-state index is -2.12. The Balaban J connectivity index is 1.35. The van der Waals surface area contributed by atoms with E-state index in [0.29, 0.717) is 51.8 Å². The lowest BCUT2D eigenvalue weighted by molar-refractivity contribution is 0.177. The molecule has 7 aromatic carbocycles. The third-order valence-electron chi connectivity index (χ3n) is 10.1. The molecule has 298 valence electrons. The van der Waals surface area contributed by atoms with Crippen molar-refractivity contribution in [2.24, 2.45) is 4.99 Å². The predicted octanol–water partition coefficient (Wildman–Crippen LogP) is 13.3. The predicted molar refractivity (Wildman–Crippen MR) is 245 cm³/mol. The SMILES string of the molecule is C=NC(C)(C)COC(=C)/C=c1/cccc/c1=C(/Op1oc2ccccc2c2ccccc2o1)c1c(Op2oc3ccccc3c3ccccc3o2)c(C)cc2ccccc12. The van der Waals surface area contributed by atoms with Gasteiger partial charge in [-0.1, -0.05) is 128 Å². The van der Waals surface area contributed by atoms with Crippen molar-refractivity contribution in [2.45, 2.75) is 26.3 Å². The Labute approximate surface area is 348 Å². The maximum Gasteiger partial charge on any atom is 0.453 e. The summed E-state index contributed by atoms with van der Waals surface area (Å²) in [7, 11) is -4.17. The number of fused-ring (bicyclic) bond motifs is 7. The molecule has 0 amide bonds. The molecule has 0 unspecified atom stereocenters. The summed E-state index contributed by atoms with van der Waals surface area (Å²) in [6, 6.07) is 49.6. The van der Waals surface area contributed by atoms with Crippen molar-refractivity contribution in [3.63, 3.8) is 0 Å². The zero-order valence-electron chi connectivity index (χ0n) is 33.3. The Morgan fingerprint density at radius 3 is 1.65 bits per heavy atom. The molecule has 0 fully saturated rings. The van der Waals surface area contributed by atoms with E-state index in [-0.39, 0.29) is 0 Å². The van der Waals surface area contributed by atoms with Crippen molar-refractivity contribution in [3.8, 4) is 5.75 Å². The van der Waals surface area contributed by atoms with Gasteiger partial charge in [0.2, 0.25) is 0 Å². The number of rotatable bonds is 10. The van der Waals surface area contributed by atoms with Crippen molar-refractivity contribution in [3.05, 3.63) is 186 Å². The average Bonchev–Trinajstić information content (AvgIpc) is 3.53. The molecule has 0 N–H and O–H groups in total. The molecule has 10 heteroatoms. The number of aryl methyl sites for hydroxylation is 1. The first-order chi connectivity index (χ1) is 29.2. The maximum atomic E-state index is 7.21. The highest BCUT2D eigenvalue weighted by molar-refractivity contribution is 7.32. The highest BCUT2D eigenvalue weighted by Crippen LogP contribution is 2.45. The zero-order valence-corrected chi connectivity index (χ0v) is 35.1. The maximum absolute atomic E-state index is 7.21. The first kappa shape index (κ1) is 38.7. The molecule has 0 bridgehead atoms. The molecule has 0 radical (unpaired) electrons. The molecule has 0 aliphatic carbocycles. The van der Waals surface area contributed by atoms with Crippen molar-refractivity contribution < 1.29 is 30.6 Å². The molecule has 9 aromatic rings. The van der Waals surface area contributed by atoms with Crippen LogP contribution in [-0.4, -0.2) is 18.9 Å². The van der Waals surface area contributed by atoms with E-state index in [9.17, 15) is 0 Å². The molecule has 0 atom stereocenters. The van der Waals surface area contributed by atoms with Crippen LogP contribution in [0.1, 0.15) is 25.0 Å². The smallest absolute Gasteiger partial charge is 0.453 e. The Bertz CT molecular complexity index is 3220. The van der Waals surface area contributed by atoms with Gasteiger partial charge in [0.1, 0.15) is 34.7 Å². The van der Waals surface area contributed by atoms with E-state index < -0.39 is 22.0 Å². The van der Waals surface area contributed by atoms with E-state index in [1.807, 2.05) is 160 Å². The number of hydrogen-bond acceptors (Lipinski definition) is 8. The first-order valence-electron chi connectivity index (χ1n) is 19.4. The molecular weight excluding hydrogens is 788 g/mol. The molecule has 0 aliphatic rings. The summed E-state index contributed by atoms with van der Waals surface area (Å²) in [4.78, 5) is 4.20. The summed E-state index contributed by atoms with van der Waals surface area (Å²) in [6.45, 7) is 14.2. The fraction of sp³-hybridized carbons (Fsp3) is 0.100. The monoisotopic (exact) mass is 829 g/mol. The number of hydrogen-bond donors (Lipinski definition) is 0. The summed E-state index contributed by atoms with van der Waals surface area (Å²) in [5, 5.41) is 6.97. The molecule has 0 spiro atoms. The second-order valence-electron chi connectivity index (χ2n) is 14.9. The van der Waals surface area contributed by atoms with Crippen LogP contribution in [0.25, 0.3) is 66.5 Å². The Hall–Kier alpha value is -6.85. The first-order valence-corrected chi connectivity index (χ1v) is 21.6. The normalized spacial score (nSPS) is 12.5. The van der Waals surface area contributed by atoms with Crippen molar-refractivity contribution in [1.82, 2.24) is 0 Å². The molecule has 2 heterocycles. The van der Waals surface area contributed by atoms with Crippen molar-refractivity contribution >= 4 is 89.7 Å². The Morgan fingerprint density at radius 2 is 1.10 bits per heavy atom. The van der Waals surface area contributed by atoms with Gasteiger partial charge >= 0.3 is 16.5 Å². The summed E-state index contributed by atoms with van der Waals surface area (Å²) in [5.74, 6) is 1.41. The molecule has 0 aliphatic heterocycles. The zero-order chi connectivity index (χ0) is 41.2. The highest BCUT2D eigenvalue weighted by atomic mass is 31.1. The molecule has 60 heavy (non-hydrogen) atoms. The van der Waals surface area contributed by atoms with E-state index >= 15 is 0 Å². The number of allylic oxidation sites excluding steroid dienone is 1. The van der Waals surface area contributed by atoms with Crippen LogP contribution >= 0.6 is 16.5 Å². The Morgan fingerprint density at radius 1 is 0.633 bits per heavy atom. The van der Waals surface area contributed by atoms with Gasteiger partial charge in [0, 0.05) is 26.8 Å². The molecule has 8 nitrogen and oxygen atoms in total. The van der Waals surface area contributed by atoms with Crippen LogP contribution in [0.15, 0.2) is 186 Å². The average molecular weight is 830 g/mol. The molecule has 9 rings (SSSR count). The van der Waals surface area contributed by atoms with E-state index in [1.165, 1.54) is 0 Å². The summed E-state index contributed by atoms with van der Waals surface area (Å²) >= 11 is 0. The third-order valence-corrected chi connectivity index (χ3v) is 12.2. The van der Waals surface area contributed by atoms with Crippen LogP contribution in [0.4, 0.5) is 0 Å². The van der Waals surface area contributed by atoms with E-state index in [0.717, 1.165) is 48.3 Å². The van der Waals surface area contributed by atoms with Crippen LogP contribution < -0.4 is 19.5 Å². The molecule has 2 aromatic heterocycles. The second-order valence-corrected chi connectivity index (χ2v) is 16.9. The van der Waals surface area contributed by atoms with Crippen molar-refractivity contribution in [2.75, 3.05) is 6.61 Å². The van der Waals surface area contributed by atoms with Crippen LogP contribution in [0.2, 0.25) is 0 Å². The number of aliphatic imine (C=N–C) groups is 1. The van der Waals surface area contributed by atoms with Gasteiger partial charge in [-0.2, -0.15) is 0 Å². The van der Waals surface area contributed by atoms with Crippen LogP contribution in [-0.2, 0) is 4.74 Å². The van der Waals surface area contributed by atoms with Gasteiger partial charge in [0.05, 0.1) is 11.1 Å². The highest BCUT2D eigenvalue weighted by Gasteiger charge is 2.24. The third kappa shape index (κ3) is 7.83. The van der Waals surface area contributed by atoms with Crippen molar-refractivity contribution in [1.29, 1.82) is 0 Å². The van der Waals surface area contributed by atoms with E-state index in [2.05, 4.69) is 36.5 Å². The fourth-order valence-corrected chi connectivity index (χ4v) is 9.28. The van der Waals surface area contributed by atoms with Gasteiger partial charge < -0.3 is 30.6 Å². The standard InChI is InChI=1S/C50H41NO7P2/c1-33-30-35-18-6-8-20-37(35)47(48(33)57-59-53-43-26-14-10-22-39(43)40-23-11-15-27-44(40)54-59)49(38-21-9-7-19-36(38)31-34(2)52-32-50(3,4)51-5)58-60-55-45-28-16-12-24-41(45)42-25-13-17-29-46(42)56-60/h6-31H,2,5,32H2,1,3-4H3/b36-31-,49-38-. The van der Waals surface area contributed by atoms with Gasteiger partial charge in [-0.3, -0.25) is 4.99 Å². The number of nitrogens with zero attached hydrogens (tertiary/aromatic N) is 1. The molecule has 0 saturated heterocycles. The minimum absolute atomic E-state index is 0.295. The lowest BCUT2D eigenvalue weighted by atomic mass is 9.97. The van der Waals surface area contributed by atoms with Gasteiger partial charge in [-0.05, 0) is 85.5 Å². The Kier molecular flexibility index (Phi) is 10.6. The topological polar surface area (TPSA) is 92.6 Å². The quantitative estimate of drug-likeness (QED) is 0.100. The molecule has 0 saturated carbocycles. The van der Waals surface area contributed by atoms with Crippen LogP contribution in [0.3, 0.4) is 0 Å². The summed E-state index contributed by atoms with van der Waals surface area (Å²) in [6.07, 6.45) is 1.89. The number of para-hydroxylation sites is 4. The number of ether oxygens (including phenoxy) is 1. The van der Waals surface area contributed by atoms with E-state index in [1.54, 1.807) is 0 Å². The van der Waals surface area contributed by atoms with Crippen LogP contribution in [0, 0.1) is 6.92 Å². The second kappa shape index (κ2) is 16.4. The molecular formula is C50H41NO7P2. The summed E-state index contributed by atoms with van der Waals surface area (Å²) in [5.41, 5.74) is 3.59. The van der Waals surface area contributed by atoms with E-state index in [4.69, 9.17) is 30.6 Å². The largest absolute Gasteiger partial charge is 0.492 e. The minimum Gasteiger partial charge on any atom is -0.492 e.